The highest BCUT2D eigenvalue weighted by Crippen LogP contribution is 2.16. The van der Waals surface area contributed by atoms with Crippen molar-refractivity contribution >= 4 is 11.9 Å². The van der Waals surface area contributed by atoms with Crippen LogP contribution >= 0.6 is 0 Å². The van der Waals surface area contributed by atoms with Crippen molar-refractivity contribution in [3.8, 4) is 5.75 Å². The van der Waals surface area contributed by atoms with Gasteiger partial charge < -0.3 is 15.5 Å². The van der Waals surface area contributed by atoms with E-state index in [4.69, 9.17) is 10.2 Å². The first-order chi connectivity index (χ1) is 8.70. The molecule has 1 aromatic rings. The molecule has 3 N–H and O–H groups in total. The second-order valence-corrected chi connectivity index (χ2v) is 3.73. The van der Waals surface area contributed by atoms with Crippen LogP contribution in [-0.4, -0.2) is 34.3 Å². The zero-order valence-corrected chi connectivity index (χ0v) is 9.44. The Bertz CT molecular complexity index is 470. The van der Waals surface area contributed by atoms with Gasteiger partial charge in [-0.05, 0) is 17.7 Å². The van der Waals surface area contributed by atoms with E-state index >= 15 is 0 Å². The molecule has 0 heterocycles. The number of carbonyl (C=O) groups is 2. The van der Waals surface area contributed by atoms with Gasteiger partial charge in [0.1, 0.15) is 11.8 Å². The summed E-state index contributed by atoms with van der Waals surface area (Å²) in [5.41, 5.74) is 0.368. The summed E-state index contributed by atoms with van der Waals surface area (Å²) in [6.07, 6.45) is -5.46. The van der Waals surface area contributed by atoms with Gasteiger partial charge in [-0.3, -0.25) is 4.79 Å². The van der Waals surface area contributed by atoms with E-state index in [1.54, 1.807) is 0 Å². The van der Waals surface area contributed by atoms with Crippen molar-refractivity contribution in [2.75, 3.05) is 0 Å². The summed E-state index contributed by atoms with van der Waals surface area (Å²) in [5, 5.41) is 19.2. The summed E-state index contributed by atoms with van der Waals surface area (Å²) in [5.74, 6) is -3.95. The molecule has 0 radical (unpaired) electrons. The molecule has 0 aliphatic heterocycles. The van der Waals surface area contributed by atoms with Gasteiger partial charge in [-0.2, -0.15) is 13.2 Å². The quantitative estimate of drug-likeness (QED) is 0.768. The summed E-state index contributed by atoms with van der Waals surface area (Å²) < 4.78 is 36.1. The molecule has 8 heteroatoms. The molecular weight excluding hydrogens is 267 g/mol. The lowest BCUT2D eigenvalue weighted by atomic mass is 10.1. The van der Waals surface area contributed by atoms with Crippen molar-refractivity contribution in [3.05, 3.63) is 29.8 Å². The largest absolute Gasteiger partial charge is 0.508 e. The second-order valence-electron chi connectivity index (χ2n) is 3.73. The van der Waals surface area contributed by atoms with Crippen LogP contribution in [0.5, 0.6) is 5.75 Å². The van der Waals surface area contributed by atoms with Gasteiger partial charge in [-0.25, -0.2) is 4.79 Å². The Labute approximate surface area is 105 Å². The van der Waals surface area contributed by atoms with E-state index in [9.17, 15) is 22.8 Å². The fraction of sp³-hybridized carbons (Fsp3) is 0.273. The first-order valence-corrected chi connectivity index (χ1v) is 5.08. The third-order valence-corrected chi connectivity index (χ3v) is 2.24. The molecule has 0 aliphatic carbocycles. The van der Waals surface area contributed by atoms with Gasteiger partial charge in [0.05, 0.1) is 0 Å². The predicted molar refractivity (Wildman–Crippen MR) is 57.4 cm³/mol. The van der Waals surface area contributed by atoms with E-state index < -0.39 is 24.1 Å². The van der Waals surface area contributed by atoms with Crippen LogP contribution < -0.4 is 5.32 Å². The maximum Gasteiger partial charge on any atom is 0.471 e. The van der Waals surface area contributed by atoms with Crippen LogP contribution in [0.1, 0.15) is 5.56 Å². The predicted octanol–water partition coefficient (Wildman–Crippen LogP) is 1.07. The number of phenolic OH excluding ortho intramolecular Hbond substituents is 1. The molecule has 19 heavy (non-hydrogen) atoms. The SMILES string of the molecule is O=C(O)[C@@H](Cc1ccc(O)cc1)NC(=O)C(F)(F)F. The molecule has 0 saturated heterocycles. The van der Waals surface area contributed by atoms with E-state index in [2.05, 4.69) is 0 Å². The first-order valence-electron chi connectivity index (χ1n) is 5.08. The maximum atomic E-state index is 12.0. The Balaban J connectivity index is 2.77. The zero-order valence-electron chi connectivity index (χ0n) is 9.44. The van der Waals surface area contributed by atoms with E-state index in [1.807, 2.05) is 0 Å². The van der Waals surface area contributed by atoms with E-state index in [-0.39, 0.29) is 12.2 Å². The molecule has 1 rings (SSSR count). The van der Waals surface area contributed by atoms with Gasteiger partial charge >= 0.3 is 18.1 Å². The highest BCUT2D eigenvalue weighted by Gasteiger charge is 2.40. The normalized spacial score (nSPS) is 12.8. The Morgan fingerprint density at radius 3 is 2.16 bits per heavy atom. The summed E-state index contributed by atoms with van der Waals surface area (Å²) in [4.78, 5) is 21.5. The number of alkyl halides is 3. The van der Waals surface area contributed by atoms with E-state index in [1.165, 1.54) is 29.6 Å². The number of benzene rings is 1. The maximum absolute atomic E-state index is 12.0. The van der Waals surface area contributed by atoms with E-state index in [0.29, 0.717) is 5.56 Å². The van der Waals surface area contributed by atoms with Gasteiger partial charge in [0.15, 0.2) is 0 Å². The van der Waals surface area contributed by atoms with Gasteiger partial charge in [0.2, 0.25) is 0 Å². The molecule has 1 aromatic carbocycles. The van der Waals surface area contributed by atoms with Gasteiger partial charge in [0, 0.05) is 6.42 Å². The van der Waals surface area contributed by atoms with Crippen LogP contribution in [0.3, 0.4) is 0 Å². The van der Waals surface area contributed by atoms with Crippen LogP contribution in [0.25, 0.3) is 0 Å². The third kappa shape index (κ3) is 4.49. The zero-order chi connectivity index (χ0) is 14.6. The number of halogens is 3. The van der Waals surface area contributed by atoms with Crippen LogP contribution in [0.4, 0.5) is 13.2 Å². The Morgan fingerprint density at radius 2 is 1.74 bits per heavy atom. The van der Waals surface area contributed by atoms with Crippen LogP contribution in [0.15, 0.2) is 24.3 Å². The smallest absolute Gasteiger partial charge is 0.471 e. The lowest BCUT2D eigenvalue weighted by Gasteiger charge is -2.15. The summed E-state index contributed by atoms with van der Waals surface area (Å²) >= 11 is 0. The van der Waals surface area contributed by atoms with Gasteiger partial charge in [-0.15, -0.1) is 0 Å². The average Bonchev–Trinajstić information content (AvgIpc) is 2.29. The number of carboxylic acid groups (broad SMARTS) is 1. The van der Waals surface area contributed by atoms with Crippen LogP contribution in [0, 0.1) is 0 Å². The Hall–Kier alpha value is -2.25. The lowest BCUT2D eigenvalue weighted by Crippen LogP contribution is -2.47. The number of phenols is 1. The van der Waals surface area contributed by atoms with Crippen LogP contribution in [-0.2, 0) is 16.0 Å². The third-order valence-electron chi connectivity index (χ3n) is 2.24. The number of carboxylic acids is 1. The lowest BCUT2D eigenvalue weighted by molar-refractivity contribution is -0.175. The molecular formula is C11H10F3NO4. The minimum absolute atomic E-state index is 0.0602. The summed E-state index contributed by atoms with van der Waals surface area (Å²) in [7, 11) is 0. The molecule has 0 spiro atoms. The number of nitrogens with one attached hydrogen (secondary N) is 1. The monoisotopic (exact) mass is 277 g/mol. The number of hydrogen-bond donors (Lipinski definition) is 3. The van der Waals surface area contributed by atoms with Crippen molar-refractivity contribution in [3.63, 3.8) is 0 Å². The molecule has 5 nitrogen and oxygen atoms in total. The number of rotatable bonds is 4. The molecule has 1 amide bonds. The fourth-order valence-corrected chi connectivity index (χ4v) is 1.31. The molecule has 0 unspecified atom stereocenters. The van der Waals surface area contributed by atoms with Crippen molar-refractivity contribution < 1.29 is 33.0 Å². The van der Waals surface area contributed by atoms with E-state index in [0.717, 1.165) is 0 Å². The molecule has 0 aromatic heterocycles. The molecule has 1 atom stereocenters. The topological polar surface area (TPSA) is 86.6 Å². The minimum Gasteiger partial charge on any atom is -0.508 e. The minimum atomic E-state index is -5.14. The van der Waals surface area contributed by atoms with Crippen LogP contribution in [0.2, 0.25) is 0 Å². The average molecular weight is 277 g/mol. The number of aliphatic carboxylic acids is 1. The number of carbonyl (C=O) groups excluding carboxylic acids is 1. The highest BCUT2D eigenvalue weighted by atomic mass is 19.4. The first kappa shape index (κ1) is 14.8. The Kier molecular flexibility index (Phi) is 4.36. The summed E-state index contributed by atoms with van der Waals surface area (Å²) in [6, 6.07) is 3.54. The highest BCUT2D eigenvalue weighted by molar-refractivity contribution is 5.87. The van der Waals surface area contributed by atoms with Crippen molar-refractivity contribution in [2.24, 2.45) is 0 Å². The van der Waals surface area contributed by atoms with Gasteiger partial charge in [-0.1, -0.05) is 12.1 Å². The molecule has 0 fully saturated rings. The molecule has 0 aliphatic rings. The standard InChI is InChI=1S/C11H10F3NO4/c12-11(13,14)10(19)15-8(9(17)18)5-6-1-3-7(16)4-2-6/h1-4,8,16H,5H2,(H,15,19)(H,17,18)/t8-/m1/s1. The number of aromatic hydroxyl groups is 1. The second kappa shape index (κ2) is 5.59. The van der Waals surface area contributed by atoms with Crippen molar-refractivity contribution in [1.29, 1.82) is 0 Å². The molecule has 0 saturated carbocycles. The molecule has 0 bridgehead atoms. The summed E-state index contributed by atoms with van der Waals surface area (Å²) in [6.45, 7) is 0. The Morgan fingerprint density at radius 1 is 1.21 bits per heavy atom. The van der Waals surface area contributed by atoms with Crippen molar-refractivity contribution in [2.45, 2.75) is 18.6 Å². The van der Waals surface area contributed by atoms with Crippen molar-refractivity contribution in [1.82, 2.24) is 5.32 Å². The number of hydrogen-bond acceptors (Lipinski definition) is 3. The molecule has 104 valence electrons. The number of amides is 1. The fourth-order valence-electron chi connectivity index (χ4n) is 1.31. The van der Waals surface area contributed by atoms with Gasteiger partial charge in [0.25, 0.3) is 0 Å².